The van der Waals surface area contributed by atoms with Crippen molar-refractivity contribution in [1.29, 1.82) is 0 Å². The van der Waals surface area contributed by atoms with Crippen LogP contribution in [-0.4, -0.2) is 33.9 Å². The molecule has 0 saturated heterocycles. The molecule has 0 spiro atoms. The molecule has 5 nitrogen and oxygen atoms in total. The van der Waals surface area contributed by atoms with Crippen LogP contribution in [0.3, 0.4) is 0 Å². The highest BCUT2D eigenvalue weighted by Gasteiger charge is 2.24. The number of benzene rings is 2. The Morgan fingerprint density at radius 3 is 2.08 bits per heavy atom. The van der Waals surface area contributed by atoms with Crippen LogP contribution in [0.25, 0.3) is 22.5 Å². The minimum absolute atomic E-state index is 0.139. The van der Waals surface area contributed by atoms with Gasteiger partial charge in [-0.1, -0.05) is 66.1 Å². The molecule has 0 unspecified atom stereocenters. The summed E-state index contributed by atoms with van der Waals surface area (Å²) in [5.41, 5.74) is 8.60. The number of rotatable bonds is 8. The van der Waals surface area contributed by atoms with E-state index in [1.165, 1.54) is 11.1 Å². The Morgan fingerprint density at radius 1 is 0.833 bits per heavy atom. The Labute approximate surface area is 213 Å². The average Bonchev–Trinajstić information content (AvgIpc) is 3.20. The fourth-order valence-electron chi connectivity index (χ4n) is 5.23. The highest BCUT2D eigenvalue weighted by Crippen LogP contribution is 2.35. The van der Waals surface area contributed by atoms with Crippen LogP contribution >= 0.6 is 0 Å². The van der Waals surface area contributed by atoms with Gasteiger partial charge in [0.15, 0.2) is 5.82 Å². The number of allylic oxidation sites excluding steroid dienone is 2. The number of carbonyl (C=O) groups is 1. The van der Waals surface area contributed by atoms with Crippen molar-refractivity contribution in [3.8, 4) is 22.5 Å². The van der Waals surface area contributed by atoms with Crippen molar-refractivity contribution in [3.63, 3.8) is 0 Å². The molecule has 2 aromatic carbocycles. The second-order valence-electron chi connectivity index (χ2n) is 10.3. The second-order valence-corrected chi connectivity index (χ2v) is 10.3. The van der Waals surface area contributed by atoms with Crippen LogP contribution in [0.2, 0.25) is 0 Å². The maximum absolute atomic E-state index is 11.5. The molecule has 1 aliphatic carbocycles. The van der Waals surface area contributed by atoms with Crippen LogP contribution in [0, 0.1) is 13.8 Å². The van der Waals surface area contributed by atoms with Crippen LogP contribution in [-0.2, 0) is 11.2 Å². The SMILES string of the molecule is Cc1ccc(-c2nc3c(nc2-c2ccc(C)cc2)N(CCCCCC2=C(O)CC(=O)C2)CCC3)cc1. The van der Waals surface area contributed by atoms with Gasteiger partial charge in [0.2, 0.25) is 0 Å². The number of unbranched alkanes of at least 4 members (excludes halogenated alkanes) is 2. The number of Topliss-reactive ketones (excluding diaryl/α,β-unsaturated/α-hetero) is 1. The molecule has 186 valence electrons. The molecule has 0 amide bonds. The van der Waals surface area contributed by atoms with E-state index in [0.29, 0.717) is 12.2 Å². The largest absolute Gasteiger partial charge is 0.512 e. The van der Waals surface area contributed by atoms with Gasteiger partial charge in [-0.15, -0.1) is 0 Å². The van der Waals surface area contributed by atoms with Crippen molar-refractivity contribution >= 4 is 11.6 Å². The van der Waals surface area contributed by atoms with Gasteiger partial charge in [0, 0.05) is 30.6 Å². The van der Waals surface area contributed by atoms with E-state index in [1.807, 2.05) is 0 Å². The van der Waals surface area contributed by atoms with Crippen LogP contribution in [0.5, 0.6) is 0 Å². The molecule has 0 fully saturated rings. The van der Waals surface area contributed by atoms with E-state index >= 15 is 0 Å². The summed E-state index contributed by atoms with van der Waals surface area (Å²) in [6.07, 6.45) is 6.65. The Balaban J connectivity index is 1.36. The van der Waals surface area contributed by atoms with Crippen molar-refractivity contribution in [2.75, 3.05) is 18.0 Å². The molecular formula is C31H35N3O2. The Bertz CT molecular complexity index is 1280. The first-order valence-corrected chi connectivity index (χ1v) is 13.2. The normalized spacial score (nSPS) is 15.5. The zero-order valence-corrected chi connectivity index (χ0v) is 21.4. The predicted octanol–water partition coefficient (Wildman–Crippen LogP) is 6.92. The molecule has 5 heteroatoms. The molecule has 0 radical (unpaired) electrons. The Kier molecular flexibility index (Phi) is 7.17. The smallest absolute Gasteiger partial charge is 0.151 e. The average molecular weight is 482 g/mol. The highest BCUT2D eigenvalue weighted by molar-refractivity contribution is 5.86. The fraction of sp³-hybridized carbons (Fsp3) is 0.387. The molecule has 3 aromatic rings. The zero-order chi connectivity index (χ0) is 25.1. The van der Waals surface area contributed by atoms with Crippen molar-refractivity contribution in [3.05, 3.63) is 76.7 Å². The number of carbonyl (C=O) groups excluding carboxylic acids is 1. The van der Waals surface area contributed by atoms with Crippen molar-refractivity contribution in [2.45, 2.75) is 65.2 Å². The number of aliphatic hydroxyl groups is 1. The highest BCUT2D eigenvalue weighted by atomic mass is 16.3. The first kappa shape index (κ1) is 24.2. The van der Waals surface area contributed by atoms with Crippen LogP contribution in [0.4, 0.5) is 5.82 Å². The molecule has 0 saturated carbocycles. The summed E-state index contributed by atoms with van der Waals surface area (Å²) in [6, 6.07) is 17.1. The van der Waals surface area contributed by atoms with E-state index in [2.05, 4.69) is 67.3 Å². The van der Waals surface area contributed by atoms with E-state index in [9.17, 15) is 9.90 Å². The molecule has 1 N–H and O–H groups in total. The number of nitrogens with zero attached hydrogens (tertiary/aromatic N) is 3. The minimum atomic E-state index is 0.139. The van der Waals surface area contributed by atoms with Gasteiger partial charge in [0.25, 0.3) is 0 Å². The lowest BCUT2D eigenvalue weighted by Gasteiger charge is -2.30. The lowest BCUT2D eigenvalue weighted by Crippen LogP contribution is -2.32. The first-order valence-electron chi connectivity index (χ1n) is 13.2. The summed E-state index contributed by atoms with van der Waals surface area (Å²) >= 11 is 0. The number of hydrogen-bond acceptors (Lipinski definition) is 5. The fourth-order valence-corrected chi connectivity index (χ4v) is 5.23. The van der Waals surface area contributed by atoms with Gasteiger partial charge in [-0.05, 0) is 51.5 Å². The topological polar surface area (TPSA) is 66.3 Å². The summed E-state index contributed by atoms with van der Waals surface area (Å²) in [4.78, 5) is 24.4. The third kappa shape index (κ3) is 5.35. The lowest BCUT2D eigenvalue weighted by atomic mass is 10.0. The molecule has 0 atom stereocenters. The number of fused-ring (bicyclic) bond motifs is 1. The van der Waals surface area contributed by atoms with Crippen molar-refractivity contribution < 1.29 is 9.90 Å². The maximum Gasteiger partial charge on any atom is 0.151 e. The van der Waals surface area contributed by atoms with Gasteiger partial charge >= 0.3 is 0 Å². The number of aryl methyl sites for hydroxylation is 3. The Hall–Kier alpha value is -3.47. The second kappa shape index (κ2) is 10.7. The molecular weight excluding hydrogens is 446 g/mol. The summed E-state index contributed by atoms with van der Waals surface area (Å²) in [6.45, 7) is 6.16. The van der Waals surface area contributed by atoms with Gasteiger partial charge < -0.3 is 10.0 Å². The van der Waals surface area contributed by atoms with Gasteiger partial charge in [0.1, 0.15) is 5.78 Å². The summed E-state index contributed by atoms with van der Waals surface area (Å²) in [5, 5.41) is 9.92. The van der Waals surface area contributed by atoms with Crippen LogP contribution in [0.1, 0.15) is 61.8 Å². The lowest BCUT2D eigenvalue weighted by molar-refractivity contribution is -0.117. The van der Waals surface area contributed by atoms with Gasteiger partial charge in [-0.25, -0.2) is 9.97 Å². The van der Waals surface area contributed by atoms with E-state index < -0.39 is 0 Å². The number of ketones is 1. The zero-order valence-electron chi connectivity index (χ0n) is 21.4. The number of anilines is 1. The van der Waals surface area contributed by atoms with E-state index in [0.717, 1.165) is 91.2 Å². The third-order valence-electron chi connectivity index (χ3n) is 7.33. The summed E-state index contributed by atoms with van der Waals surface area (Å²) in [5.74, 6) is 1.48. The standard InChI is InChI=1S/C31H35N3O2/c1-21-9-13-23(14-10-21)29-30(24-15-11-22(2)12-16-24)33-31-27(32-29)8-6-18-34(31)17-5-3-4-7-25-19-26(35)20-28(25)36/h9-16,36H,3-8,17-20H2,1-2H3. The molecule has 36 heavy (non-hydrogen) atoms. The van der Waals surface area contributed by atoms with Crippen molar-refractivity contribution in [2.24, 2.45) is 0 Å². The van der Waals surface area contributed by atoms with Crippen LogP contribution < -0.4 is 4.90 Å². The molecule has 5 rings (SSSR count). The molecule has 2 aliphatic rings. The van der Waals surface area contributed by atoms with E-state index in [1.54, 1.807) is 0 Å². The predicted molar refractivity (Wildman–Crippen MR) is 145 cm³/mol. The van der Waals surface area contributed by atoms with E-state index in [-0.39, 0.29) is 12.2 Å². The van der Waals surface area contributed by atoms with Crippen molar-refractivity contribution in [1.82, 2.24) is 9.97 Å². The van der Waals surface area contributed by atoms with Gasteiger partial charge in [-0.3, -0.25) is 4.79 Å². The number of hydrogen-bond donors (Lipinski definition) is 1. The monoisotopic (exact) mass is 481 g/mol. The molecule has 2 heterocycles. The number of aromatic nitrogens is 2. The Morgan fingerprint density at radius 2 is 1.47 bits per heavy atom. The van der Waals surface area contributed by atoms with Crippen LogP contribution in [0.15, 0.2) is 59.9 Å². The molecule has 1 aliphatic heterocycles. The summed E-state index contributed by atoms with van der Waals surface area (Å²) in [7, 11) is 0. The molecule has 1 aromatic heterocycles. The van der Waals surface area contributed by atoms with Gasteiger partial charge in [0.05, 0.1) is 29.3 Å². The number of aliphatic hydroxyl groups excluding tert-OH is 1. The quantitative estimate of drug-likeness (QED) is 0.354. The summed E-state index contributed by atoms with van der Waals surface area (Å²) < 4.78 is 0. The van der Waals surface area contributed by atoms with Gasteiger partial charge in [-0.2, -0.15) is 0 Å². The first-order chi connectivity index (χ1) is 17.5. The van der Waals surface area contributed by atoms with E-state index in [4.69, 9.17) is 9.97 Å². The molecule has 0 bridgehead atoms. The maximum atomic E-state index is 11.5. The minimum Gasteiger partial charge on any atom is -0.512 e. The third-order valence-corrected chi connectivity index (χ3v) is 7.33.